The number of carbonyl (C=O) groups is 1. The largest absolute Gasteiger partial charge is 0.443 e. The molecule has 1 aliphatic heterocycles. The van der Waals surface area contributed by atoms with Gasteiger partial charge < -0.3 is 15.1 Å². The van der Waals surface area contributed by atoms with E-state index < -0.39 is 0 Å². The molecule has 120 valence electrons. The maximum atomic E-state index is 12.3. The molecule has 22 heavy (non-hydrogen) atoms. The molecule has 1 aromatic heterocycles. The summed E-state index contributed by atoms with van der Waals surface area (Å²) in [5.41, 5.74) is 2.37. The third-order valence-corrected chi connectivity index (χ3v) is 3.49. The molecule has 0 radical (unpaired) electrons. The monoisotopic (exact) mass is 343 g/mol. The number of oxazole rings is 1. The zero-order chi connectivity index (χ0) is 13.9. The van der Waals surface area contributed by atoms with Crippen molar-refractivity contribution >= 4 is 30.7 Å². The van der Waals surface area contributed by atoms with E-state index in [0.29, 0.717) is 11.5 Å². The van der Waals surface area contributed by atoms with Crippen molar-refractivity contribution in [3.05, 3.63) is 41.9 Å². The zero-order valence-corrected chi connectivity index (χ0v) is 13.8. The fourth-order valence-electron chi connectivity index (χ4n) is 2.35. The zero-order valence-electron chi connectivity index (χ0n) is 12.2. The highest BCUT2D eigenvalue weighted by molar-refractivity contribution is 5.97. The van der Waals surface area contributed by atoms with Crippen LogP contribution in [0.15, 0.2) is 35.1 Å². The number of amides is 1. The van der Waals surface area contributed by atoms with E-state index in [1.807, 2.05) is 31.2 Å². The molecule has 1 fully saturated rings. The van der Waals surface area contributed by atoms with E-state index in [2.05, 4.69) is 15.6 Å². The molecule has 1 unspecified atom stereocenters. The average Bonchev–Trinajstić information content (AvgIpc) is 3.10. The molecule has 1 amide bonds. The van der Waals surface area contributed by atoms with Gasteiger partial charge in [0.15, 0.2) is 17.8 Å². The van der Waals surface area contributed by atoms with Crippen LogP contribution in [0.4, 0.5) is 0 Å². The molecule has 1 saturated heterocycles. The second-order valence-electron chi connectivity index (χ2n) is 5.06. The molecule has 2 N–H and O–H groups in total. The highest BCUT2D eigenvalue weighted by Gasteiger charge is 2.22. The van der Waals surface area contributed by atoms with Gasteiger partial charge in [0.2, 0.25) is 0 Å². The molecule has 5 nitrogen and oxygen atoms in total. The van der Waals surface area contributed by atoms with E-state index in [-0.39, 0.29) is 36.8 Å². The topological polar surface area (TPSA) is 67.2 Å². The third kappa shape index (κ3) is 4.00. The quantitative estimate of drug-likeness (QED) is 0.898. The average molecular weight is 344 g/mol. The second kappa shape index (κ2) is 8.17. The third-order valence-electron chi connectivity index (χ3n) is 3.49. The summed E-state index contributed by atoms with van der Waals surface area (Å²) in [6.45, 7) is 3.77. The highest BCUT2D eigenvalue weighted by Crippen LogP contribution is 2.23. The Labute approximate surface area is 141 Å². The van der Waals surface area contributed by atoms with Crippen molar-refractivity contribution < 1.29 is 9.21 Å². The lowest BCUT2D eigenvalue weighted by Crippen LogP contribution is -2.36. The lowest BCUT2D eigenvalue weighted by molar-refractivity contribution is 0.0936. The summed E-state index contributed by atoms with van der Waals surface area (Å²) in [4.78, 5) is 16.3. The second-order valence-corrected chi connectivity index (χ2v) is 5.06. The smallest absolute Gasteiger partial charge is 0.274 e. The lowest BCUT2D eigenvalue weighted by Gasteiger charge is -2.10. The summed E-state index contributed by atoms with van der Waals surface area (Å²) >= 11 is 0. The van der Waals surface area contributed by atoms with Gasteiger partial charge in [0.1, 0.15) is 0 Å². The van der Waals surface area contributed by atoms with Gasteiger partial charge >= 0.3 is 0 Å². The van der Waals surface area contributed by atoms with E-state index in [4.69, 9.17) is 4.42 Å². The molecular formula is C15H19Cl2N3O2. The van der Waals surface area contributed by atoms with Crippen LogP contribution in [0.1, 0.15) is 22.5 Å². The lowest BCUT2D eigenvalue weighted by atomic mass is 10.1. The summed E-state index contributed by atoms with van der Waals surface area (Å²) in [6.07, 6.45) is 2.26. The first-order chi connectivity index (χ1) is 9.74. The van der Waals surface area contributed by atoms with Crippen molar-refractivity contribution in [2.24, 2.45) is 0 Å². The van der Waals surface area contributed by atoms with Crippen LogP contribution in [0.3, 0.4) is 0 Å². The number of aromatic nitrogens is 1. The van der Waals surface area contributed by atoms with E-state index in [1.165, 1.54) is 6.39 Å². The Kier molecular flexibility index (Phi) is 6.87. The Hall–Kier alpha value is -1.56. The number of benzene rings is 1. The Morgan fingerprint density at radius 2 is 2.05 bits per heavy atom. The van der Waals surface area contributed by atoms with Crippen LogP contribution in [0.2, 0.25) is 0 Å². The number of hydrogen-bond acceptors (Lipinski definition) is 4. The van der Waals surface area contributed by atoms with Gasteiger partial charge in [-0.2, -0.15) is 0 Å². The minimum Gasteiger partial charge on any atom is -0.443 e. The molecule has 0 aliphatic carbocycles. The molecule has 1 aromatic carbocycles. The van der Waals surface area contributed by atoms with E-state index in [1.54, 1.807) is 0 Å². The maximum Gasteiger partial charge on any atom is 0.274 e. The number of nitrogens with zero attached hydrogens (tertiary/aromatic N) is 1. The molecule has 0 bridgehead atoms. The minimum atomic E-state index is -0.178. The van der Waals surface area contributed by atoms with Crippen molar-refractivity contribution in [3.63, 3.8) is 0 Å². The fourth-order valence-corrected chi connectivity index (χ4v) is 2.35. The summed E-state index contributed by atoms with van der Waals surface area (Å²) in [7, 11) is 0. The van der Waals surface area contributed by atoms with Gasteiger partial charge in [-0.3, -0.25) is 4.79 Å². The molecule has 1 aliphatic rings. The summed E-state index contributed by atoms with van der Waals surface area (Å²) < 4.78 is 5.39. The first kappa shape index (κ1) is 18.5. The van der Waals surface area contributed by atoms with Crippen molar-refractivity contribution in [2.45, 2.75) is 19.4 Å². The molecule has 0 saturated carbocycles. The van der Waals surface area contributed by atoms with E-state index in [0.717, 1.165) is 30.6 Å². The van der Waals surface area contributed by atoms with Crippen molar-refractivity contribution in [1.82, 2.24) is 15.6 Å². The van der Waals surface area contributed by atoms with Gasteiger partial charge in [0, 0.05) is 18.2 Å². The number of nitrogens with one attached hydrogen (secondary N) is 2. The Morgan fingerprint density at radius 3 is 2.68 bits per heavy atom. The first-order valence-corrected chi connectivity index (χ1v) is 6.76. The number of halogens is 2. The Bertz CT molecular complexity index is 608. The molecule has 0 spiro atoms. The Balaban J connectivity index is 0.00000121. The molecule has 2 aromatic rings. The van der Waals surface area contributed by atoms with Gasteiger partial charge in [-0.25, -0.2) is 4.98 Å². The van der Waals surface area contributed by atoms with Gasteiger partial charge in [0.25, 0.3) is 5.91 Å². The van der Waals surface area contributed by atoms with Crippen LogP contribution in [-0.4, -0.2) is 30.0 Å². The minimum absolute atomic E-state index is 0. The predicted octanol–water partition coefficient (Wildman–Crippen LogP) is 2.59. The number of rotatable bonds is 3. The van der Waals surface area contributed by atoms with Gasteiger partial charge in [-0.1, -0.05) is 29.8 Å². The van der Waals surface area contributed by atoms with Gasteiger partial charge in [0.05, 0.1) is 0 Å². The van der Waals surface area contributed by atoms with Crippen LogP contribution in [0.5, 0.6) is 0 Å². The maximum absolute atomic E-state index is 12.3. The molecule has 3 rings (SSSR count). The standard InChI is InChI=1S/C15H17N3O2.2ClH/c1-10-2-4-11(5-3-10)14-13(17-9-20-14)15(19)18-12-6-7-16-8-12;;/h2-5,9,12,16H,6-8H2,1H3,(H,18,19);2*1H. The normalized spacial score (nSPS) is 16.5. The van der Waals surface area contributed by atoms with Gasteiger partial charge in [-0.15, -0.1) is 24.8 Å². The number of aryl methyl sites for hydroxylation is 1. The molecule has 2 heterocycles. The molecule has 1 atom stereocenters. The first-order valence-electron chi connectivity index (χ1n) is 6.76. The van der Waals surface area contributed by atoms with Crippen LogP contribution in [0.25, 0.3) is 11.3 Å². The fraction of sp³-hybridized carbons (Fsp3) is 0.333. The van der Waals surface area contributed by atoms with Crippen molar-refractivity contribution in [3.8, 4) is 11.3 Å². The van der Waals surface area contributed by atoms with E-state index in [9.17, 15) is 4.79 Å². The summed E-state index contributed by atoms with van der Waals surface area (Å²) in [5, 5.41) is 6.20. The number of hydrogen-bond donors (Lipinski definition) is 2. The number of carbonyl (C=O) groups excluding carboxylic acids is 1. The van der Waals surface area contributed by atoms with E-state index >= 15 is 0 Å². The van der Waals surface area contributed by atoms with Crippen LogP contribution in [-0.2, 0) is 0 Å². The Morgan fingerprint density at radius 1 is 1.32 bits per heavy atom. The van der Waals surface area contributed by atoms with Crippen LogP contribution in [0, 0.1) is 6.92 Å². The van der Waals surface area contributed by atoms with Crippen LogP contribution >= 0.6 is 24.8 Å². The summed E-state index contributed by atoms with van der Waals surface area (Å²) in [5.74, 6) is 0.344. The van der Waals surface area contributed by atoms with Gasteiger partial charge in [-0.05, 0) is 19.9 Å². The van der Waals surface area contributed by atoms with Crippen molar-refractivity contribution in [2.75, 3.05) is 13.1 Å². The molecular weight excluding hydrogens is 325 g/mol. The van der Waals surface area contributed by atoms with Crippen LogP contribution < -0.4 is 10.6 Å². The molecule has 7 heteroatoms. The summed E-state index contributed by atoms with van der Waals surface area (Å²) in [6, 6.07) is 8.01. The SMILES string of the molecule is Cc1ccc(-c2ocnc2C(=O)NC2CCNC2)cc1.Cl.Cl. The highest BCUT2D eigenvalue weighted by atomic mass is 35.5. The van der Waals surface area contributed by atoms with Crippen molar-refractivity contribution in [1.29, 1.82) is 0 Å². The predicted molar refractivity (Wildman–Crippen MR) is 89.9 cm³/mol.